The average molecular weight is 171 g/mol. The van der Waals surface area contributed by atoms with Gasteiger partial charge in [0.25, 0.3) is 0 Å². The van der Waals surface area contributed by atoms with E-state index in [1.54, 1.807) is 0 Å². The molecule has 0 amide bonds. The van der Waals surface area contributed by atoms with E-state index in [4.69, 9.17) is 5.73 Å². The average Bonchev–Trinajstić information content (AvgIpc) is 2.05. The Bertz CT molecular complexity index is 137. The zero-order chi connectivity index (χ0) is 9.19. The molecule has 72 valence electrons. The standard InChI is InChI=1S/C10H21NO/c1-8-3-5-9(6-4-8)10(2,12)7-11/h8-9,12H,3-7,11H2,1-2H3. The summed E-state index contributed by atoms with van der Waals surface area (Å²) in [4.78, 5) is 0. The third kappa shape index (κ3) is 2.20. The Morgan fingerprint density at radius 2 is 1.83 bits per heavy atom. The summed E-state index contributed by atoms with van der Waals surface area (Å²) >= 11 is 0. The van der Waals surface area contributed by atoms with Gasteiger partial charge >= 0.3 is 0 Å². The lowest BCUT2D eigenvalue weighted by atomic mass is 9.75. The van der Waals surface area contributed by atoms with Crippen LogP contribution in [0, 0.1) is 11.8 Å². The fourth-order valence-electron chi connectivity index (χ4n) is 2.05. The second-order valence-electron chi connectivity index (χ2n) is 4.52. The highest BCUT2D eigenvalue weighted by atomic mass is 16.3. The maximum absolute atomic E-state index is 9.91. The van der Waals surface area contributed by atoms with Crippen molar-refractivity contribution >= 4 is 0 Å². The van der Waals surface area contributed by atoms with Crippen molar-refractivity contribution in [2.24, 2.45) is 17.6 Å². The largest absolute Gasteiger partial charge is 0.389 e. The molecule has 0 radical (unpaired) electrons. The van der Waals surface area contributed by atoms with Crippen molar-refractivity contribution < 1.29 is 5.11 Å². The van der Waals surface area contributed by atoms with Crippen molar-refractivity contribution in [2.45, 2.75) is 45.1 Å². The van der Waals surface area contributed by atoms with Crippen LogP contribution in [0.5, 0.6) is 0 Å². The molecule has 1 aliphatic rings. The lowest BCUT2D eigenvalue weighted by Crippen LogP contribution is -2.43. The van der Waals surface area contributed by atoms with Crippen LogP contribution in [0.4, 0.5) is 0 Å². The van der Waals surface area contributed by atoms with Gasteiger partial charge in [0, 0.05) is 6.54 Å². The van der Waals surface area contributed by atoms with Crippen LogP contribution in [0.1, 0.15) is 39.5 Å². The van der Waals surface area contributed by atoms with Gasteiger partial charge < -0.3 is 10.8 Å². The Kier molecular flexibility index (Phi) is 3.13. The highest BCUT2D eigenvalue weighted by molar-refractivity contribution is 4.86. The van der Waals surface area contributed by atoms with Crippen LogP contribution in [0.3, 0.4) is 0 Å². The Labute approximate surface area is 75.2 Å². The summed E-state index contributed by atoms with van der Waals surface area (Å²) in [5, 5.41) is 9.91. The Hall–Kier alpha value is -0.0800. The summed E-state index contributed by atoms with van der Waals surface area (Å²) in [6, 6.07) is 0. The van der Waals surface area contributed by atoms with E-state index in [0.717, 1.165) is 18.8 Å². The van der Waals surface area contributed by atoms with E-state index in [9.17, 15) is 5.11 Å². The van der Waals surface area contributed by atoms with Gasteiger partial charge in [-0.3, -0.25) is 0 Å². The van der Waals surface area contributed by atoms with Crippen molar-refractivity contribution in [3.05, 3.63) is 0 Å². The molecule has 12 heavy (non-hydrogen) atoms. The molecule has 0 aromatic carbocycles. The first-order valence-corrected chi connectivity index (χ1v) is 4.98. The first-order chi connectivity index (χ1) is 5.56. The van der Waals surface area contributed by atoms with E-state index in [1.807, 2.05) is 6.92 Å². The van der Waals surface area contributed by atoms with Crippen LogP contribution in [-0.4, -0.2) is 17.3 Å². The molecule has 0 aromatic rings. The fourth-order valence-corrected chi connectivity index (χ4v) is 2.05. The molecule has 0 bridgehead atoms. The van der Waals surface area contributed by atoms with E-state index in [0.29, 0.717) is 12.5 Å². The maximum Gasteiger partial charge on any atom is 0.0769 e. The smallest absolute Gasteiger partial charge is 0.0769 e. The minimum atomic E-state index is -0.625. The zero-order valence-corrected chi connectivity index (χ0v) is 8.21. The zero-order valence-electron chi connectivity index (χ0n) is 8.21. The van der Waals surface area contributed by atoms with Crippen molar-refractivity contribution in [3.8, 4) is 0 Å². The van der Waals surface area contributed by atoms with Gasteiger partial charge in [-0.1, -0.05) is 19.8 Å². The van der Waals surface area contributed by atoms with E-state index < -0.39 is 5.60 Å². The van der Waals surface area contributed by atoms with Gasteiger partial charge in [0.1, 0.15) is 0 Å². The van der Waals surface area contributed by atoms with Gasteiger partial charge in [-0.15, -0.1) is 0 Å². The fraction of sp³-hybridized carbons (Fsp3) is 1.00. The summed E-state index contributed by atoms with van der Waals surface area (Å²) in [6.07, 6.45) is 4.79. The number of aliphatic hydroxyl groups is 1. The van der Waals surface area contributed by atoms with Crippen LogP contribution in [0.2, 0.25) is 0 Å². The van der Waals surface area contributed by atoms with E-state index in [-0.39, 0.29) is 0 Å². The molecule has 0 aliphatic heterocycles. The first-order valence-electron chi connectivity index (χ1n) is 4.98. The molecule has 1 rings (SSSR count). The maximum atomic E-state index is 9.91. The molecular weight excluding hydrogens is 150 g/mol. The molecular formula is C10H21NO. The molecule has 1 unspecified atom stereocenters. The summed E-state index contributed by atoms with van der Waals surface area (Å²) in [5.41, 5.74) is 4.90. The number of hydrogen-bond acceptors (Lipinski definition) is 2. The van der Waals surface area contributed by atoms with Crippen LogP contribution in [-0.2, 0) is 0 Å². The van der Waals surface area contributed by atoms with Gasteiger partial charge in [0.05, 0.1) is 5.60 Å². The van der Waals surface area contributed by atoms with Gasteiger partial charge in [-0.05, 0) is 31.6 Å². The summed E-state index contributed by atoms with van der Waals surface area (Å²) in [6.45, 7) is 4.55. The van der Waals surface area contributed by atoms with Crippen LogP contribution in [0.15, 0.2) is 0 Å². The Morgan fingerprint density at radius 3 is 2.25 bits per heavy atom. The first kappa shape index (κ1) is 10.0. The quantitative estimate of drug-likeness (QED) is 0.661. The van der Waals surface area contributed by atoms with Gasteiger partial charge in [0.15, 0.2) is 0 Å². The Balaban J connectivity index is 2.44. The minimum absolute atomic E-state index is 0.395. The van der Waals surface area contributed by atoms with Crippen LogP contribution < -0.4 is 5.73 Å². The molecule has 3 N–H and O–H groups in total. The predicted molar refractivity (Wildman–Crippen MR) is 50.8 cm³/mol. The van der Waals surface area contributed by atoms with Crippen molar-refractivity contribution in [3.63, 3.8) is 0 Å². The molecule has 2 heteroatoms. The third-order valence-corrected chi connectivity index (χ3v) is 3.31. The molecule has 1 saturated carbocycles. The second-order valence-corrected chi connectivity index (χ2v) is 4.52. The van der Waals surface area contributed by atoms with E-state index in [1.165, 1.54) is 12.8 Å². The van der Waals surface area contributed by atoms with Gasteiger partial charge in [0.2, 0.25) is 0 Å². The lowest BCUT2D eigenvalue weighted by Gasteiger charge is -2.36. The number of hydrogen-bond donors (Lipinski definition) is 2. The van der Waals surface area contributed by atoms with Crippen LogP contribution >= 0.6 is 0 Å². The lowest BCUT2D eigenvalue weighted by molar-refractivity contribution is -0.0132. The molecule has 1 aliphatic carbocycles. The Morgan fingerprint density at radius 1 is 1.33 bits per heavy atom. The van der Waals surface area contributed by atoms with E-state index >= 15 is 0 Å². The normalized spacial score (nSPS) is 36.0. The topological polar surface area (TPSA) is 46.2 Å². The van der Waals surface area contributed by atoms with Crippen molar-refractivity contribution in [2.75, 3.05) is 6.54 Å². The minimum Gasteiger partial charge on any atom is -0.389 e. The van der Waals surface area contributed by atoms with Crippen molar-refractivity contribution in [1.82, 2.24) is 0 Å². The molecule has 1 atom stereocenters. The van der Waals surface area contributed by atoms with Gasteiger partial charge in [-0.2, -0.15) is 0 Å². The SMILES string of the molecule is CC1CCC(C(C)(O)CN)CC1. The number of rotatable bonds is 2. The number of nitrogens with two attached hydrogens (primary N) is 1. The summed E-state index contributed by atoms with van der Waals surface area (Å²) < 4.78 is 0. The summed E-state index contributed by atoms with van der Waals surface area (Å²) in [5.74, 6) is 1.27. The molecule has 0 aromatic heterocycles. The molecule has 0 saturated heterocycles. The second kappa shape index (κ2) is 3.75. The summed E-state index contributed by atoms with van der Waals surface area (Å²) in [7, 11) is 0. The molecule has 0 heterocycles. The van der Waals surface area contributed by atoms with Gasteiger partial charge in [-0.25, -0.2) is 0 Å². The highest BCUT2D eigenvalue weighted by Crippen LogP contribution is 2.34. The predicted octanol–water partition coefficient (Wildman–Crippen LogP) is 1.52. The highest BCUT2D eigenvalue weighted by Gasteiger charge is 2.32. The van der Waals surface area contributed by atoms with Crippen LogP contribution in [0.25, 0.3) is 0 Å². The van der Waals surface area contributed by atoms with E-state index in [2.05, 4.69) is 6.92 Å². The third-order valence-electron chi connectivity index (χ3n) is 3.31. The molecule has 0 spiro atoms. The van der Waals surface area contributed by atoms with Crippen molar-refractivity contribution in [1.29, 1.82) is 0 Å². The molecule has 1 fully saturated rings. The monoisotopic (exact) mass is 171 g/mol. The molecule has 2 nitrogen and oxygen atoms in total.